The van der Waals surface area contributed by atoms with Gasteiger partial charge in [-0.15, -0.1) is 0 Å². The molecule has 0 aliphatic heterocycles. The van der Waals surface area contributed by atoms with E-state index in [1.54, 1.807) is 24.1 Å². The summed E-state index contributed by atoms with van der Waals surface area (Å²) in [4.78, 5) is 18.1. The van der Waals surface area contributed by atoms with Crippen molar-refractivity contribution in [2.45, 2.75) is 58.8 Å². The van der Waals surface area contributed by atoms with E-state index >= 15 is 0 Å². The van der Waals surface area contributed by atoms with Crippen LogP contribution in [0.25, 0.3) is 0 Å². The van der Waals surface area contributed by atoms with Gasteiger partial charge < -0.3 is 15.6 Å². The van der Waals surface area contributed by atoms with Crippen LogP contribution in [0.2, 0.25) is 0 Å². The van der Waals surface area contributed by atoms with Crippen LogP contribution in [-0.2, 0) is 11.3 Å². The molecular formula is C16H27N3O3. The largest absolute Gasteiger partial charge is 0.443 e. The lowest BCUT2D eigenvalue weighted by Gasteiger charge is -2.27. The minimum absolute atomic E-state index is 0.356. The second-order valence-corrected chi connectivity index (χ2v) is 6.34. The third-order valence-corrected chi connectivity index (χ3v) is 2.95. The SMILES string of the molecule is CC(O)CCCN(C(=O)OC(C)(C)C)c1ccc(CN)nc1. The number of rotatable bonds is 6. The van der Waals surface area contributed by atoms with Crippen molar-refractivity contribution >= 4 is 11.8 Å². The molecule has 0 radical (unpaired) electrons. The average molecular weight is 309 g/mol. The molecule has 1 rings (SSSR count). The van der Waals surface area contributed by atoms with E-state index in [1.807, 2.05) is 26.8 Å². The fourth-order valence-electron chi connectivity index (χ4n) is 1.88. The molecule has 0 fully saturated rings. The second-order valence-electron chi connectivity index (χ2n) is 6.34. The summed E-state index contributed by atoms with van der Waals surface area (Å²) in [6.45, 7) is 8.03. The first-order valence-electron chi connectivity index (χ1n) is 7.56. The zero-order valence-electron chi connectivity index (χ0n) is 13.9. The molecule has 0 spiro atoms. The highest BCUT2D eigenvalue weighted by molar-refractivity contribution is 5.87. The molecule has 1 atom stereocenters. The summed E-state index contributed by atoms with van der Waals surface area (Å²) in [7, 11) is 0. The highest BCUT2D eigenvalue weighted by Gasteiger charge is 2.23. The van der Waals surface area contributed by atoms with E-state index in [9.17, 15) is 9.90 Å². The molecule has 0 aromatic carbocycles. The van der Waals surface area contributed by atoms with Gasteiger partial charge in [0.05, 0.1) is 23.7 Å². The average Bonchev–Trinajstić information content (AvgIpc) is 2.41. The van der Waals surface area contributed by atoms with Gasteiger partial charge >= 0.3 is 6.09 Å². The van der Waals surface area contributed by atoms with E-state index < -0.39 is 17.8 Å². The molecule has 1 heterocycles. The van der Waals surface area contributed by atoms with Crippen molar-refractivity contribution < 1.29 is 14.6 Å². The number of hydrogen-bond donors (Lipinski definition) is 2. The number of aliphatic hydroxyl groups excluding tert-OH is 1. The van der Waals surface area contributed by atoms with Crippen molar-refractivity contribution in [1.29, 1.82) is 0 Å². The molecule has 1 amide bonds. The third-order valence-electron chi connectivity index (χ3n) is 2.95. The van der Waals surface area contributed by atoms with Gasteiger partial charge in [0.15, 0.2) is 0 Å². The van der Waals surface area contributed by atoms with Gasteiger partial charge in [-0.3, -0.25) is 9.88 Å². The van der Waals surface area contributed by atoms with Crippen LogP contribution in [0.5, 0.6) is 0 Å². The molecule has 0 saturated carbocycles. The summed E-state index contributed by atoms with van der Waals surface area (Å²) in [5.74, 6) is 0. The zero-order chi connectivity index (χ0) is 16.8. The van der Waals surface area contributed by atoms with Crippen LogP contribution in [0.4, 0.5) is 10.5 Å². The van der Waals surface area contributed by atoms with Crippen molar-refractivity contribution in [3.8, 4) is 0 Å². The number of anilines is 1. The number of amides is 1. The van der Waals surface area contributed by atoms with Gasteiger partial charge in [0, 0.05) is 13.1 Å². The summed E-state index contributed by atoms with van der Waals surface area (Å²) in [5, 5.41) is 9.37. The zero-order valence-corrected chi connectivity index (χ0v) is 13.9. The van der Waals surface area contributed by atoms with Crippen LogP contribution < -0.4 is 10.6 Å². The molecule has 1 aromatic heterocycles. The first-order chi connectivity index (χ1) is 10.2. The Balaban J connectivity index is 2.86. The minimum Gasteiger partial charge on any atom is -0.443 e. The van der Waals surface area contributed by atoms with Crippen LogP contribution in [0.15, 0.2) is 18.3 Å². The Kier molecular flexibility index (Phi) is 6.77. The summed E-state index contributed by atoms with van der Waals surface area (Å²) >= 11 is 0. The Morgan fingerprint density at radius 1 is 1.45 bits per heavy atom. The predicted molar refractivity (Wildman–Crippen MR) is 86.6 cm³/mol. The predicted octanol–water partition coefficient (Wildman–Crippen LogP) is 2.44. The summed E-state index contributed by atoms with van der Waals surface area (Å²) in [5.41, 5.74) is 6.40. The Morgan fingerprint density at radius 2 is 2.14 bits per heavy atom. The van der Waals surface area contributed by atoms with Crippen molar-refractivity contribution in [3.05, 3.63) is 24.0 Å². The maximum absolute atomic E-state index is 12.4. The van der Waals surface area contributed by atoms with Crippen molar-refractivity contribution in [1.82, 2.24) is 4.98 Å². The molecule has 22 heavy (non-hydrogen) atoms. The first-order valence-corrected chi connectivity index (χ1v) is 7.56. The third kappa shape index (κ3) is 6.41. The fraction of sp³-hybridized carbons (Fsp3) is 0.625. The Morgan fingerprint density at radius 3 is 2.59 bits per heavy atom. The number of carbonyl (C=O) groups excluding carboxylic acids is 1. The Labute approximate surface area is 132 Å². The highest BCUT2D eigenvalue weighted by atomic mass is 16.6. The van der Waals surface area contributed by atoms with E-state index in [-0.39, 0.29) is 0 Å². The van der Waals surface area contributed by atoms with Crippen LogP contribution in [0.3, 0.4) is 0 Å². The molecule has 1 unspecified atom stereocenters. The van der Waals surface area contributed by atoms with Crippen LogP contribution in [0.1, 0.15) is 46.2 Å². The number of ether oxygens (including phenoxy) is 1. The number of hydrogen-bond acceptors (Lipinski definition) is 5. The van der Waals surface area contributed by atoms with Crippen molar-refractivity contribution in [3.63, 3.8) is 0 Å². The van der Waals surface area contributed by atoms with E-state index in [1.165, 1.54) is 0 Å². The minimum atomic E-state index is -0.565. The maximum atomic E-state index is 12.4. The number of aromatic nitrogens is 1. The molecule has 124 valence electrons. The number of nitrogens with zero attached hydrogens (tertiary/aromatic N) is 2. The number of aliphatic hydroxyl groups is 1. The van der Waals surface area contributed by atoms with E-state index in [2.05, 4.69) is 4.98 Å². The summed E-state index contributed by atoms with van der Waals surface area (Å²) < 4.78 is 5.44. The Bertz CT molecular complexity index is 467. The van der Waals surface area contributed by atoms with Crippen LogP contribution >= 0.6 is 0 Å². The normalized spacial score (nSPS) is 12.8. The lowest BCUT2D eigenvalue weighted by molar-refractivity contribution is 0.0577. The molecule has 6 nitrogen and oxygen atoms in total. The monoisotopic (exact) mass is 309 g/mol. The first kappa shape index (κ1) is 18.4. The van der Waals surface area contributed by atoms with Crippen molar-refractivity contribution in [2.24, 2.45) is 5.73 Å². The highest BCUT2D eigenvalue weighted by Crippen LogP contribution is 2.19. The lowest BCUT2D eigenvalue weighted by Crippen LogP contribution is -2.37. The van der Waals surface area contributed by atoms with Gasteiger partial charge in [-0.05, 0) is 52.7 Å². The van der Waals surface area contributed by atoms with Gasteiger partial charge in [0.2, 0.25) is 0 Å². The maximum Gasteiger partial charge on any atom is 0.414 e. The number of nitrogens with two attached hydrogens (primary N) is 1. The van der Waals surface area contributed by atoms with E-state index in [4.69, 9.17) is 10.5 Å². The molecule has 0 aliphatic rings. The second kappa shape index (κ2) is 8.10. The molecule has 1 aromatic rings. The smallest absolute Gasteiger partial charge is 0.414 e. The van der Waals surface area contributed by atoms with Gasteiger partial charge in [-0.1, -0.05) is 0 Å². The van der Waals surface area contributed by atoms with Crippen molar-refractivity contribution in [2.75, 3.05) is 11.4 Å². The number of carbonyl (C=O) groups is 1. The Hall–Kier alpha value is -1.66. The van der Waals surface area contributed by atoms with Crippen LogP contribution in [0, 0.1) is 0 Å². The summed E-state index contributed by atoms with van der Waals surface area (Å²) in [6.07, 6.45) is 2.11. The van der Waals surface area contributed by atoms with Gasteiger partial charge in [0.25, 0.3) is 0 Å². The van der Waals surface area contributed by atoms with Gasteiger partial charge in [-0.2, -0.15) is 0 Å². The molecule has 3 N–H and O–H groups in total. The van der Waals surface area contributed by atoms with Crippen LogP contribution in [-0.4, -0.2) is 34.4 Å². The van der Waals surface area contributed by atoms with E-state index in [0.717, 1.165) is 5.69 Å². The molecule has 0 saturated heterocycles. The molecule has 0 aliphatic carbocycles. The van der Waals surface area contributed by atoms with Gasteiger partial charge in [0.1, 0.15) is 5.60 Å². The fourth-order valence-corrected chi connectivity index (χ4v) is 1.88. The summed E-state index contributed by atoms with van der Waals surface area (Å²) in [6, 6.07) is 3.60. The molecular weight excluding hydrogens is 282 g/mol. The quantitative estimate of drug-likeness (QED) is 0.842. The standard InChI is InChI=1S/C16H27N3O3/c1-12(20)6-5-9-19(15(21)22-16(2,3)4)14-8-7-13(10-17)18-11-14/h7-8,11-12,20H,5-6,9-10,17H2,1-4H3. The number of pyridine rings is 1. The van der Waals surface area contributed by atoms with E-state index in [0.29, 0.717) is 31.6 Å². The molecule has 0 bridgehead atoms. The molecule has 6 heteroatoms. The van der Waals surface area contributed by atoms with Gasteiger partial charge in [-0.25, -0.2) is 4.79 Å². The topological polar surface area (TPSA) is 88.7 Å². The lowest BCUT2D eigenvalue weighted by atomic mass is 10.2.